The summed E-state index contributed by atoms with van der Waals surface area (Å²) >= 11 is 0. The molecule has 1 heteroatoms. The lowest BCUT2D eigenvalue weighted by Crippen LogP contribution is -1.86. The predicted octanol–water partition coefficient (Wildman–Crippen LogP) is 10.0. The molecule has 1 nitrogen and oxygen atoms in total. The molecule has 7 aromatic carbocycles. The van der Waals surface area contributed by atoms with Gasteiger partial charge in [-0.2, -0.15) is 5.26 Å². The first-order valence-electron chi connectivity index (χ1n) is 12.8. The Labute approximate surface area is 221 Å². The first-order chi connectivity index (χ1) is 18.8. The average molecular weight is 482 g/mol. The van der Waals surface area contributed by atoms with Crippen molar-refractivity contribution in [2.45, 2.75) is 0 Å². The molecule has 0 aliphatic rings. The summed E-state index contributed by atoms with van der Waals surface area (Å²) in [6.07, 6.45) is 0. The van der Waals surface area contributed by atoms with Crippen LogP contribution in [0.15, 0.2) is 140 Å². The van der Waals surface area contributed by atoms with Crippen molar-refractivity contribution in [3.05, 3.63) is 145 Å². The number of rotatable bonds is 3. The molecule has 0 aliphatic heterocycles. The molecule has 0 N–H and O–H groups in total. The normalized spacial score (nSPS) is 11.1. The van der Waals surface area contributed by atoms with Crippen molar-refractivity contribution in [1.29, 1.82) is 5.26 Å². The molecule has 0 aliphatic carbocycles. The number of benzene rings is 7. The van der Waals surface area contributed by atoms with Crippen LogP contribution in [0.3, 0.4) is 0 Å². The summed E-state index contributed by atoms with van der Waals surface area (Å²) in [5.74, 6) is 0. The first-order valence-corrected chi connectivity index (χ1v) is 12.8. The molecule has 0 fully saturated rings. The Balaban J connectivity index is 1.26. The van der Waals surface area contributed by atoms with E-state index >= 15 is 0 Å². The van der Waals surface area contributed by atoms with Gasteiger partial charge in [-0.25, -0.2) is 0 Å². The summed E-state index contributed by atoms with van der Waals surface area (Å²) < 4.78 is 0. The number of nitrogens with zero attached hydrogens (tertiary/aromatic N) is 1. The maximum Gasteiger partial charge on any atom is 0.0991 e. The minimum atomic E-state index is 0.678. The monoisotopic (exact) mass is 481 g/mol. The van der Waals surface area contributed by atoms with Gasteiger partial charge in [0.05, 0.1) is 11.6 Å². The molecule has 0 amide bonds. The van der Waals surface area contributed by atoms with E-state index in [0.717, 1.165) is 11.1 Å². The quantitative estimate of drug-likeness (QED) is 0.230. The molecule has 0 radical (unpaired) electrons. The Morgan fingerprint density at radius 2 is 0.947 bits per heavy atom. The van der Waals surface area contributed by atoms with Gasteiger partial charge in [0.25, 0.3) is 0 Å². The summed E-state index contributed by atoms with van der Waals surface area (Å²) in [4.78, 5) is 0. The molecule has 0 atom stereocenters. The highest BCUT2D eigenvalue weighted by Crippen LogP contribution is 2.36. The van der Waals surface area contributed by atoms with Crippen molar-refractivity contribution in [3.8, 4) is 39.4 Å². The molecule has 0 spiro atoms. The van der Waals surface area contributed by atoms with E-state index in [1.807, 2.05) is 24.3 Å². The predicted molar refractivity (Wildman–Crippen MR) is 160 cm³/mol. The average Bonchev–Trinajstić information content (AvgIpc) is 3.00. The van der Waals surface area contributed by atoms with Crippen LogP contribution < -0.4 is 0 Å². The lowest BCUT2D eigenvalue weighted by molar-refractivity contribution is 1.48. The highest BCUT2D eigenvalue weighted by molar-refractivity contribution is 6.14. The third-order valence-electron chi connectivity index (χ3n) is 7.46. The van der Waals surface area contributed by atoms with Gasteiger partial charge in [-0.1, -0.05) is 109 Å². The number of nitriles is 1. The van der Waals surface area contributed by atoms with E-state index in [2.05, 4.69) is 121 Å². The zero-order valence-electron chi connectivity index (χ0n) is 20.7. The van der Waals surface area contributed by atoms with Gasteiger partial charge in [-0.3, -0.25) is 0 Å². The molecule has 0 heterocycles. The van der Waals surface area contributed by atoms with Crippen molar-refractivity contribution in [3.63, 3.8) is 0 Å². The second kappa shape index (κ2) is 9.04. The fourth-order valence-electron chi connectivity index (χ4n) is 5.51. The molecule has 0 aromatic heterocycles. The van der Waals surface area contributed by atoms with Crippen LogP contribution in [0.5, 0.6) is 0 Å². The minimum absolute atomic E-state index is 0.678. The zero-order chi connectivity index (χ0) is 25.5. The smallest absolute Gasteiger partial charge is 0.0991 e. The molecule has 0 unspecified atom stereocenters. The van der Waals surface area contributed by atoms with Crippen LogP contribution in [0.1, 0.15) is 5.56 Å². The van der Waals surface area contributed by atoms with Gasteiger partial charge in [0.2, 0.25) is 0 Å². The lowest BCUT2D eigenvalue weighted by Gasteiger charge is -2.12. The largest absolute Gasteiger partial charge is 0.192 e. The van der Waals surface area contributed by atoms with Crippen molar-refractivity contribution >= 4 is 32.3 Å². The molecular formula is C37H23N. The van der Waals surface area contributed by atoms with Crippen LogP contribution in [0.2, 0.25) is 0 Å². The molecule has 0 saturated heterocycles. The maximum atomic E-state index is 9.21. The minimum Gasteiger partial charge on any atom is -0.192 e. The van der Waals surface area contributed by atoms with E-state index in [0.29, 0.717) is 5.56 Å². The summed E-state index contributed by atoms with van der Waals surface area (Å²) in [5, 5.41) is 16.8. The molecule has 7 rings (SSSR count). The molecule has 176 valence electrons. The zero-order valence-corrected chi connectivity index (χ0v) is 20.7. The highest BCUT2D eigenvalue weighted by Gasteiger charge is 2.10. The van der Waals surface area contributed by atoms with Crippen LogP contribution in [0.25, 0.3) is 65.7 Å². The van der Waals surface area contributed by atoms with Gasteiger partial charge in [0.1, 0.15) is 0 Å². The Bertz CT molecular complexity index is 2020. The Morgan fingerprint density at radius 1 is 0.368 bits per heavy atom. The number of fused-ring (bicyclic) bond motifs is 4. The molecule has 38 heavy (non-hydrogen) atoms. The van der Waals surface area contributed by atoms with E-state index in [4.69, 9.17) is 0 Å². The van der Waals surface area contributed by atoms with Crippen molar-refractivity contribution in [2.75, 3.05) is 0 Å². The third-order valence-corrected chi connectivity index (χ3v) is 7.46. The highest BCUT2D eigenvalue weighted by atomic mass is 14.2. The van der Waals surface area contributed by atoms with Crippen LogP contribution in [0, 0.1) is 11.3 Å². The van der Waals surface area contributed by atoms with Crippen LogP contribution in [-0.2, 0) is 0 Å². The number of hydrogen-bond donors (Lipinski definition) is 0. The van der Waals surface area contributed by atoms with Gasteiger partial charge in [-0.15, -0.1) is 0 Å². The molecular weight excluding hydrogens is 458 g/mol. The summed E-state index contributed by atoms with van der Waals surface area (Å²) in [7, 11) is 0. The second-order valence-corrected chi connectivity index (χ2v) is 9.74. The lowest BCUT2D eigenvalue weighted by atomic mass is 9.92. The van der Waals surface area contributed by atoms with Crippen molar-refractivity contribution in [2.24, 2.45) is 0 Å². The van der Waals surface area contributed by atoms with Gasteiger partial charge < -0.3 is 0 Å². The Kier molecular flexibility index (Phi) is 5.24. The second-order valence-electron chi connectivity index (χ2n) is 9.74. The van der Waals surface area contributed by atoms with E-state index in [1.165, 1.54) is 54.6 Å². The SMILES string of the molecule is N#Cc1cccc(-c2ccc(-c3ccc4cc(-c5cc6ccccc6c6ccccc56)ccc4c3)cc2)c1. The molecule has 7 aromatic rings. The van der Waals surface area contributed by atoms with Crippen LogP contribution >= 0.6 is 0 Å². The molecule has 0 bridgehead atoms. The summed E-state index contributed by atoms with van der Waals surface area (Å²) in [6, 6.07) is 51.7. The molecule has 0 saturated carbocycles. The van der Waals surface area contributed by atoms with E-state index in [1.54, 1.807) is 0 Å². The standard InChI is InChI=1S/C37H23N/c38-24-25-6-5-8-28(20-25)26-12-14-27(15-13-26)29-16-17-31-22-33(19-18-30(31)21-29)37-23-32-7-1-2-9-34(32)35-10-3-4-11-36(35)37/h1-23H. The topological polar surface area (TPSA) is 23.8 Å². The van der Waals surface area contributed by atoms with Gasteiger partial charge in [0.15, 0.2) is 0 Å². The Hall–Kier alpha value is -5.19. The van der Waals surface area contributed by atoms with Crippen molar-refractivity contribution in [1.82, 2.24) is 0 Å². The van der Waals surface area contributed by atoms with Gasteiger partial charge in [-0.05, 0) is 96.0 Å². The first kappa shape index (κ1) is 22.0. The van der Waals surface area contributed by atoms with E-state index < -0.39 is 0 Å². The van der Waals surface area contributed by atoms with Gasteiger partial charge in [0, 0.05) is 0 Å². The van der Waals surface area contributed by atoms with Gasteiger partial charge >= 0.3 is 0 Å². The fourth-order valence-corrected chi connectivity index (χ4v) is 5.51. The third kappa shape index (κ3) is 3.81. The Morgan fingerprint density at radius 3 is 1.68 bits per heavy atom. The van der Waals surface area contributed by atoms with Crippen LogP contribution in [0.4, 0.5) is 0 Å². The van der Waals surface area contributed by atoms with Crippen molar-refractivity contribution < 1.29 is 0 Å². The van der Waals surface area contributed by atoms with Crippen LogP contribution in [-0.4, -0.2) is 0 Å². The summed E-state index contributed by atoms with van der Waals surface area (Å²) in [6.45, 7) is 0. The van der Waals surface area contributed by atoms with E-state index in [9.17, 15) is 5.26 Å². The fraction of sp³-hybridized carbons (Fsp3) is 0. The number of hydrogen-bond acceptors (Lipinski definition) is 1. The van der Waals surface area contributed by atoms with E-state index in [-0.39, 0.29) is 0 Å². The summed E-state index contributed by atoms with van der Waals surface area (Å²) in [5.41, 5.74) is 7.71. The maximum absolute atomic E-state index is 9.21.